The zero-order valence-electron chi connectivity index (χ0n) is 7.21. The second-order valence-corrected chi connectivity index (χ2v) is 4.66. The Bertz CT molecular complexity index is 392. The molecule has 1 aliphatic carbocycles. The molecule has 0 radical (unpaired) electrons. The Kier molecular flexibility index (Phi) is 2.54. The maximum Gasteiger partial charge on any atom is 0.307 e. The van der Waals surface area contributed by atoms with Gasteiger partial charge in [0.25, 0.3) is 0 Å². The molecule has 0 aliphatic heterocycles. The molecule has 0 aromatic heterocycles. The third-order valence-electron chi connectivity index (χ3n) is 2.49. The normalized spacial score (nSPS) is 24.7. The van der Waals surface area contributed by atoms with E-state index in [1.807, 2.05) is 18.2 Å². The predicted molar refractivity (Wildman–Crippen MR) is 57.6 cm³/mol. The van der Waals surface area contributed by atoms with E-state index in [4.69, 9.17) is 16.7 Å². The van der Waals surface area contributed by atoms with E-state index in [1.165, 1.54) is 0 Å². The number of carbonyl (C=O) groups is 1. The van der Waals surface area contributed by atoms with Crippen LogP contribution in [0.3, 0.4) is 0 Å². The average molecular weight is 276 g/mol. The largest absolute Gasteiger partial charge is 0.481 e. The fourth-order valence-electron chi connectivity index (χ4n) is 1.62. The van der Waals surface area contributed by atoms with Crippen LogP contribution in [-0.4, -0.2) is 11.1 Å². The van der Waals surface area contributed by atoms with Crippen LogP contribution in [0.5, 0.6) is 0 Å². The van der Waals surface area contributed by atoms with Gasteiger partial charge in [0.2, 0.25) is 0 Å². The van der Waals surface area contributed by atoms with E-state index < -0.39 is 5.97 Å². The van der Waals surface area contributed by atoms with E-state index in [0.717, 1.165) is 10.0 Å². The lowest BCUT2D eigenvalue weighted by Gasteiger charge is -2.03. The van der Waals surface area contributed by atoms with Gasteiger partial charge in [-0.05, 0) is 39.9 Å². The standard InChI is InChI=1S/C10H8BrClO2/c11-8-3-1-2-5(9(8)12)6-4-7(6)10(13)14/h1-3,6-7H,4H2,(H,13,14)/t6-,7+/m0/s1. The summed E-state index contributed by atoms with van der Waals surface area (Å²) < 4.78 is 0.827. The van der Waals surface area contributed by atoms with E-state index in [1.54, 1.807) is 0 Å². The van der Waals surface area contributed by atoms with Crippen molar-refractivity contribution in [2.24, 2.45) is 5.92 Å². The Balaban J connectivity index is 2.27. The minimum absolute atomic E-state index is 0.0949. The van der Waals surface area contributed by atoms with Crippen molar-refractivity contribution in [3.63, 3.8) is 0 Å². The lowest BCUT2D eigenvalue weighted by Crippen LogP contribution is -1.99. The monoisotopic (exact) mass is 274 g/mol. The number of aliphatic carboxylic acids is 1. The van der Waals surface area contributed by atoms with Gasteiger partial charge in [-0.2, -0.15) is 0 Å². The average Bonchev–Trinajstić information content (AvgIpc) is 2.89. The first-order valence-corrected chi connectivity index (χ1v) is 5.45. The van der Waals surface area contributed by atoms with Crippen molar-refractivity contribution in [3.8, 4) is 0 Å². The van der Waals surface area contributed by atoms with Gasteiger partial charge in [-0.25, -0.2) is 0 Å². The minimum Gasteiger partial charge on any atom is -0.481 e. The Morgan fingerprint density at radius 1 is 1.57 bits per heavy atom. The van der Waals surface area contributed by atoms with E-state index >= 15 is 0 Å². The zero-order chi connectivity index (χ0) is 10.3. The number of benzene rings is 1. The van der Waals surface area contributed by atoms with Crippen LogP contribution in [0, 0.1) is 5.92 Å². The molecule has 0 bridgehead atoms. The fraction of sp³-hybridized carbons (Fsp3) is 0.300. The van der Waals surface area contributed by atoms with Gasteiger partial charge in [0, 0.05) is 4.47 Å². The van der Waals surface area contributed by atoms with Gasteiger partial charge >= 0.3 is 5.97 Å². The summed E-state index contributed by atoms with van der Waals surface area (Å²) in [6, 6.07) is 5.62. The summed E-state index contributed by atoms with van der Waals surface area (Å²) in [5.41, 5.74) is 0.938. The van der Waals surface area contributed by atoms with Gasteiger partial charge in [-0.15, -0.1) is 0 Å². The SMILES string of the molecule is O=C(O)[C@@H]1C[C@H]1c1cccc(Br)c1Cl. The van der Waals surface area contributed by atoms with Crippen molar-refractivity contribution in [2.45, 2.75) is 12.3 Å². The first-order valence-electron chi connectivity index (χ1n) is 4.28. The Hall–Kier alpha value is -0.540. The van der Waals surface area contributed by atoms with Crippen LogP contribution in [-0.2, 0) is 4.79 Å². The van der Waals surface area contributed by atoms with E-state index in [-0.39, 0.29) is 11.8 Å². The topological polar surface area (TPSA) is 37.3 Å². The Morgan fingerprint density at radius 3 is 2.86 bits per heavy atom. The van der Waals surface area contributed by atoms with Gasteiger partial charge in [0.15, 0.2) is 0 Å². The lowest BCUT2D eigenvalue weighted by molar-refractivity contribution is -0.138. The first-order chi connectivity index (χ1) is 6.61. The van der Waals surface area contributed by atoms with Crippen LogP contribution < -0.4 is 0 Å². The molecular weight excluding hydrogens is 267 g/mol. The third-order valence-corrected chi connectivity index (χ3v) is 3.80. The van der Waals surface area contributed by atoms with Gasteiger partial charge in [0.05, 0.1) is 10.9 Å². The number of carboxylic acids is 1. The molecule has 1 aromatic rings. The summed E-state index contributed by atoms with van der Waals surface area (Å²) in [4.78, 5) is 10.7. The van der Waals surface area contributed by atoms with Gasteiger partial charge in [-0.3, -0.25) is 4.79 Å². The van der Waals surface area contributed by atoms with E-state index in [0.29, 0.717) is 11.4 Å². The second kappa shape index (κ2) is 3.55. The van der Waals surface area contributed by atoms with Crippen molar-refractivity contribution in [1.82, 2.24) is 0 Å². The molecule has 0 unspecified atom stereocenters. The number of rotatable bonds is 2. The highest BCUT2D eigenvalue weighted by molar-refractivity contribution is 9.10. The van der Waals surface area contributed by atoms with E-state index in [9.17, 15) is 4.79 Å². The van der Waals surface area contributed by atoms with Crippen LogP contribution >= 0.6 is 27.5 Å². The lowest BCUT2D eigenvalue weighted by atomic mass is 10.1. The van der Waals surface area contributed by atoms with Crippen LogP contribution in [0.15, 0.2) is 22.7 Å². The number of hydrogen-bond donors (Lipinski definition) is 1. The van der Waals surface area contributed by atoms with Crippen LogP contribution in [0.4, 0.5) is 0 Å². The molecule has 0 saturated heterocycles. The summed E-state index contributed by atoms with van der Waals surface area (Å²) in [6.07, 6.45) is 0.700. The molecule has 1 N–H and O–H groups in total. The maximum atomic E-state index is 10.7. The van der Waals surface area contributed by atoms with Crippen molar-refractivity contribution in [1.29, 1.82) is 0 Å². The van der Waals surface area contributed by atoms with Crippen molar-refractivity contribution >= 4 is 33.5 Å². The van der Waals surface area contributed by atoms with Crippen molar-refractivity contribution in [2.75, 3.05) is 0 Å². The van der Waals surface area contributed by atoms with Crippen LogP contribution in [0.25, 0.3) is 0 Å². The third kappa shape index (κ3) is 1.66. The van der Waals surface area contributed by atoms with Crippen LogP contribution in [0.1, 0.15) is 17.9 Å². The summed E-state index contributed by atoms with van der Waals surface area (Å²) in [7, 11) is 0. The maximum absolute atomic E-state index is 10.7. The van der Waals surface area contributed by atoms with Crippen molar-refractivity contribution in [3.05, 3.63) is 33.3 Å². The van der Waals surface area contributed by atoms with E-state index in [2.05, 4.69) is 15.9 Å². The van der Waals surface area contributed by atoms with Crippen molar-refractivity contribution < 1.29 is 9.90 Å². The highest BCUT2D eigenvalue weighted by Crippen LogP contribution is 2.50. The quantitative estimate of drug-likeness (QED) is 0.899. The molecule has 0 heterocycles. The summed E-state index contributed by atoms with van der Waals surface area (Å²) >= 11 is 9.38. The summed E-state index contributed by atoms with van der Waals surface area (Å²) in [5, 5.41) is 9.43. The molecular formula is C10H8BrClO2. The molecule has 74 valence electrons. The minimum atomic E-state index is -0.731. The molecule has 1 aliphatic rings. The molecule has 14 heavy (non-hydrogen) atoms. The highest BCUT2D eigenvalue weighted by atomic mass is 79.9. The molecule has 1 aromatic carbocycles. The van der Waals surface area contributed by atoms with Gasteiger partial charge in [-0.1, -0.05) is 23.7 Å². The molecule has 1 fully saturated rings. The number of carboxylic acid groups (broad SMARTS) is 1. The molecule has 4 heteroatoms. The molecule has 2 atom stereocenters. The second-order valence-electron chi connectivity index (χ2n) is 3.43. The Morgan fingerprint density at radius 2 is 2.29 bits per heavy atom. The van der Waals surface area contributed by atoms with Gasteiger partial charge in [0.1, 0.15) is 0 Å². The molecule has 0 amide bonds. The smallest absolute Gasteiger partial charge is 0.307 e. The predicted octanol–water partition coefficient (Wildman–Crippen LogP) is 3.29. The fourth-order valence-corrected chi connectivity index (χ4v) is 2.27. The highest BCUT2D eigenvalue weighted by Gasteiger charge is 2.45. The molecule has 2 rings (SSSR count). The molecule has 0 spiro atoms. The number of hydrogen-bond acceptors (Lipinski definition) is 1. The van der Waals surface area contributed by atoms with Gasteiger partial charge < -0.3 is 5.11 Å². The number of halogens is 2. The Labute approximate surface area is 95.0 Å². The summed E-state index contributed by atoms with van der Waals surface area (Å²) in [5.74, 6) is -0.884. The molecule has 1 saturated carbocycles. The summed E-state index contributed by atoms with van der Waals surface area (Å²) in [6.45, 7) is 0. The van der Waals surface area contributed by atoms with Crippen LogP contribution in [0.2, 0.25) is 5.02 Å². The zero-order valence-corrected chi connectivity index (χ0v) is 9.55. The first kappa shape index (κ1) is 9.99. The molecule has 2 nitrogen and oxygen atoms in total.